The third-order valence-electron chi connectivity index (χ3n) is 4.29. The van der Waals surface area contributed by atoms with Crippen molar-refractivity contribution in [2.24, 2.45) is 5.73 Å². The number of halogens is 1. The van der Waals surface area contributed by atoms with Crippen molar-refractivity contribution < 1.29 is 14.3 Å². The average molecular weight is 389 g/mol. The van der Waals surface area contributed by atoms with E-state index >= 15 is 0 Å². The fourth-order valence-corrected chi connectivity index (χ4v) is 3.35. The van der Waals surface area contributed by atoms with Gasteiger partial charge in [-0.3, -0.25) is 4.79 Å². The molecule has 1 atom stereocenters. The number of methoxy groups -OCH3 is 1. The van der Waals surface area contributed by atoms with Gasteiger partial charge in [-0.15, -0.1) is 12.4 Å². The van der Waals surface area contributed by atoms with Gasteiger partial charge in [0, 0.05) is 12.1 Å². The van der Waals surface area contributed by atoms with Gasteiger partial charge in [-0.25, -0.2) is 0 Å². The Morgan fingerprint density at radius 1 is 1.40 bits per heavy atom. The highest BCUT2D eigenvalue weighted by molar-refractivity contribution is 7.98. The summed E-state index contributed by atoms with van der Waals surface area (Å²) in [7, 11) is 1.64. The normalized spacial score (nSPS) is 15.3. The number of benzene rings is 1. The van der Waals surface area contributed by atoms with Gasteiger partial charge < -0.3 is 20.5 Å². The van der Waals surface area contributed by atoms with Crippen molar-refractivity contribution in [3.63, 3.8) is 0 Å². The van der Waals surface area contributed by atoms with Gasteiger partial charge >= 0.3 is 0 Å². The summed E-state index contributed by atoms with van der Waals surface area (Å²) in [5, 5.41) is 2.92. The second-order valence-corrected chi connectivity index (χ2v) is 7.06. The highest BCUT2D eigenvalue weighted by Crippen LogP contribution is 2.34. The Balaban J connectivity index is 0.00000312. The van der Waals surface area contributed by atoms with E-state index in [2.05, 4.69) is 5.32 Å². The number of carbonyl (C=O) groups is 1. The molecule has 0 heterocycles. The Labute approximate surface area is 160 Å². The summed E-state index contributed by atoms with van der Waals surface area (Å²) >= 11 is 1.69. The van der Waals surface area contributed by atoms with Crippen molar-refractivity contribution in [3.05, 3.63) is 23.8 Å². The minimum atomic E-state index is -0.470. The van der Waals surface area contributed by atoms with Gasteiger partial charge in [-0.2, -0.15) is 11.8 Å². The molecular formula is C18H29ClN2O3S. The van der Waals surface area contributed by atoms with E-state index in [0.717, 1.165) is 29.9 Å². The monoisotopic (exact) mass is 388 g/mol. The standard InChI is InChI=1S/C18H28N2O3S.ClH/c1-22-16-9-5-6-13(17(16)23-14-7-3-4-8-14)12-20-18(21)15(19)10-11-24-2;/h5-6,9,14-15H,3-4,7-8,10-12,19H2,1-2H3,(H,20,21);1H/t15-;/m0./s1. The topological polar surface area (TPSA) is 73.6 Å². The maximum Gasteiger partial charge on any atom is 0.237 e. The summed E-state index contributed by atoms with van der Waals surface area (Å²) in [5.41, 5.74) is 6.84. The molecule has 1 aromatic rings. The van der Waals surface area contributed by atoms with Crippen molar-refractivity contribution in [2.75, 3.05) is 19.1 Å². The molecule has 25 heavy (non-hydrogen) atoms. The fraction of sp³-hybridized carbons (Fsp3) is 0.611. The van der Waals surface area contributed by atoms with Crippen molar-refractivity contribution >= 4 is 30.1 Å². The fourth-order valence-electron chi connectivity index (χ4n) is 2.86. The zero-order valence-electron chi connectivity index (χ0n) is 15.0. The molecule has 1 aliphatic carbocycles. The quantitative estimate of drug-likeness (QED) is 0.679. The highest BCUT2D eigenvalue weighted by Gasteiger charge is 2.21. The number of thioether (sulfide) groups is 1. The van der Waals surface area contributed by atoms with Crippen molar-refractivity contribution in [3.8, 4) is 11.5 Å². The van der Waals surface area contributed by atoms with Gasteiger partial charge in [0.2, 0.25) is 5.91 Å². The Kier molecular flexibility index (Phi) is 10.1. The molecule has 3 N–H and O–H groups in total. The van der Waals surface area contributed by atoms with Crippen LogP contribution in [0.15, 0.2) is 18.2 Å². The molecule has 7 heteroatoms. The summed E-state index contributed by atoms with van der Waals surface area (Å²) < 4.78 is 11.6. The lowest BCUT2D eigenvalue weighted by atomic mass is 10.1. The predicted octanol–water partition coefficient (Wildman–Crippen LogP) is 3.14. The number of hydrogen-bond acceptors (Lipinski definition) is 5. The van der Waals surface area contributed by atoms with Gasteiger partial charge in [-0.1, -0.05) is 12.1 Å². The molecule has 0 radical (unpaired) electrons. The van der Waals surface area contributed by atoms with Crippen LogP contribution in [0.25, 0.3) is 0 Å². The minimum absolute atomic E-state index is 0. The van der Waals surface area contributed by atoms with Crippen LogP contribution in [0.1, 0.15) is 37.7 Å². The van der Waals surface area contributed by atoms with Crippen LogP contribution in [0.4, 0.5) is 0 Å². The van der Waals surface area contributed by atoms with Gasteiger partial charge in [0.05, 0.1) is 19.3 Å². The number of para-hydroxylation sites is 1. The van der Waals surface area contributed by atoms with Crippen LogP contribution in [0.3, 0.4) is 0 Å². The molecule has 0 spiro atoms. The van der Waals surface area contributed by atoms with E-state index in [1.165, 1.54) is 12.8 Å². The number of ether oxygens (including phenoxy) is 2. The molecule has 5 nitrogen and oxygen atoms in total. The molecule has 1 saturated carbocycles. The Morgan fingerprint density at radius 3 is 2.76 bits per heavy atom. The Morgan fingerprint density at radius 2 is 2.12 bits per heavy atom. The number of nitrogens with one attached hydrogen (secondary N) is 1. The molecule has 0 unspecified atom stereocenters. The molecule has 1 fully saturated rings. The van der Waals surface area contributed by atoms with Crippen LogP contribution in [-0.2, 0) is 11.3 Å². The molecule has 1 amide bonds. The first-order chi connectivity index (χ1) is 11.7. The van der Waals surface area contributed by atoms with Crippen LogP contribution >= 0.6 is 24.2 Å². The smallest absolute Gasteiger partial charge is 0.237 e. The van der Waals surface area contributed by atoms with Gasteiger partial charge in [0.15, 0.2) is 11.5 Å². The molecule has 0 aromatic heterocycles. The maximum atomic E-state index is 12.1. The zero-order chi connectivity index (χ0) is 17.4. The number of amides is 1. The lowest BCUT2D eigenvalue weighted by Gasteiger charge is -2.20. The zero-order valence-corrected chi connectivity index (χ0v) is 16.6. The second-order valence-electron chi connectivity index (χ2n) is 6.08. The van der Waals surface area contributed by atoms with E-state index < -0.39 is 6.04 Å². The minimum Gasteiger partial charge on any atom is -0.493 e. The highest BCUT2D eigenvalue weighted by atomic mass is 35.5. The molecule has 2 rings (SSSR count). The summed E-state index contributed by atoms with van der Waals surface area (Å²) in [4.78, 5) is 12.1. The van der Waals surface area contributed by atoms with Crippen molar-refractivity contribution in [1.29, 1.82) is 0 Å². The van der Waals surface area contributed by atoms with Crippen LogP contribution in [0.5, 0.6) is 11.5 Å². The Bertz CT molecular complexity index is 539. The molecule has 0 saturated heterocycles. The molecule has 0 aliphatic heterocycles. The molecule has 142 valence electrons. The van der Waals surface area contributed by atoms with E-state index in [1.807, 2.05) is 24.5 Å². The van der Waals surface area contributed by atoms with E-state index in [0.29, 0.717) is 18.7 Å². The lowest BCUT2D eigenvalue weighted by Crippen LogP contribution is -2.40. The SMILES string of the molecule is COc1cccc(CNC(=O)[C@@H](N)CCSC)c1OC1CCCC1.Cl. The number of nitrogens with two attached hydrogens (primary N) is 1. The molecular weight excluding hydrogens is 360 g/mol. The lowest BCUT2D eigenvalue weighted by molar-refractivity contribution is -0.122. The third-order valence-corrected chi connectivity index (χ3v) is 4.93. The summed E-state index contributed by atoms with van der Waals surface area (Å²) in [6.07, 6.45) is 7.48. The second kappa shape index (κ2) is 11.5. The first-order valence-corrected chi connectivity index (χ1v) is 9.89. The number of rotatable bonds is 9. The van der Waals surface area contributed by atoms with Gasteiger partial charge in [0.25, 0.3) is 0 Å². The van der Waals surface area contributed by atoms with E-state index in [1.54, 1.807) is 18.9 Å². The van der Waals surface area contributed by atoms with Crippen molar-refractivity contribution in [1.82, 2.24) is 5.32 Å². The Hall–Kier alpha value is -1.11. The van der Waals surface area contributed by atoms with E-state index in [-0.39, 0.29) is 24.4 Å². The summed E-state index contributed by atoms with van der Waals surface area (Å²) in [5.74, 6) is 2.20. The molecule has 1 aliphatic rings. The van der Waals surface area contributed by atoms with E-state index in [9.17, 15) is 4.79 Å². The largest absolute Gasteiger partial charge is 0.493 e. The van der Waals surface area contributed by atoms with Gasteiger partial charge in [-0.05, 0) is 50.2 Å². The van der Waals surface area contributed by atoms with Crippen LogP contribution in [0, 0.1) is 0 Å². The number of carbonyl (C=O) groups excluding carboxylic acids is 1. The third kappa shape index (κ3) is 6.60. The molecule has 0 bridgehead atoms. The number of hydrogen-bond donors (Lipinski definition) is 2. The van der Waals surface area contributed by atoms with Crippen LogP contribution in [0.2, 0.25) is 0 Å². The first kappa shape index (κ1) is 21.9. The maximum absolute atomic E-state index is 12.1. The van der Waals surface area contributed by atoms with Crippen molar-refractivity contribution in [2.45, 2.75) is 50.8 Å². The van der Waals surface area contributed by atoms with E-state index in [4.69, 9.17) is 15.2 Å². The summed E-state index contributed by atoms with van der Waals surface area (Å²) in [6.45, 7) is 0.394. The van der Waals surface area contributed by atoms with Crippen LogP contribution < -0.4 is 20.5 Å². The average Bonchev–Trinajstić information content (AvgIpc) is 3.11. The molecule has 1 aromatic carbocycles. The van der Waals surface area contributed by atoms with Gasteiger partial charge in [0.1, 0.15) is 0 Å². The predicted molar refractivity (Wildman–Crippen MR) is 106 cm³/mol. The summed E-state index contributed by atoms with van der Waals surface area (Å²) in [6, 6.07) is 5.29. The van der Waals surface area contributed by atoms with Crippen LogP contribution in [-0.4, -0.2) is 37.2 Å². The first-order valence-electron chi connectivity index (χ1n) is 8.50.